The van der Waals surface area contributed by atoms with Crippen LogP contribution in [0, 0.1) is 6.92 Å². The summed E-state index contributed by atoms with van der Waals surface area (Å²) in [5.74, 6) is 0. The number of nitrogens with one attached hydrogen (secondary N) is 1. The summed E-state index contributed by atoms with van der Waals surface area (Å²) in [6.45, 7) is 7.45. The summed E-state index contributed by atoms with van der Waals surface area (Å²) in [4.78, 5) is 1.83. The van der Waals surface area contributed by atoms with Crippen molar-refractivity contribution in [1.29, 1.82) is 0 Å². The monoisotopic (exact) mass is 232 g/mol. The highest BCUT2D eigenvalue weighted by atomic mass is 15.2. The Labute approximate surface area is 104 Å². The molecule has 1 saturated heterocycles. The summed E-state index contributed by atoms with van der Waals surface area (Å²) in [6, 6.07) is 7.80. The van der Waals surface area contributed by atoms with E-state index in [0.29, 0.717) is 0 Å². The molecule has 2 aliphatic heterocycles. The van der Waals surface area contributed by atoms with Crippen LogP contribution in [0.3, 0.4) is 0 Å². The second-order valence-electron chi connectivity index (χ2n) is 5.70. The number of fused-ring (bicyclic) bond motifs is 1. The van der Waals surface area contributed by atoms with Gasteiger partial charge < -0.3 is 10.2 Å². The molecule has 0 radical (unpaired) electrons. The molecule has 1 aromatic carbocycles. The van der Waals surface area contributed by atoms with Gasteiger partial charge in [0.2, 0.25) is 0 Å². The van der Waals surface area contributed by atoms with E-state index < -0.39 is 0 Å². The molecule has 0 aromatic heterocycles. The van der Waals surface area contributed by atoms with Gasteiger partial charge in [0.15, 0.2) is 6.04 Å². The number of piperidine rings is 1. The minimum Gasteiger partial charge on any atom is -0.337 e. The maximum Gasteiger partial charge on any atom is 0.163 e. The molecule has 0 bridgehead atoms. The smallest absolute Gasteiger partial charge is 0.163 e. The van der Waals surface area contributed by atoms with Crippen molar-refractivity contribution in [2.75, 3.05) is 19.6 Å². The molecule has 2 heterocycles. The van der Waals surface area contributed by atoms with Gasteiger partial charge in [-0.15, -0.1) is 0 Å². The van der Waals surface area contributed by atoms with Crippen LogP contribution in [0.25, 0.3) is 0 Å². The Morgan fingerprint density at radius 2 is 2.00 bits per heavy atom. The third-order valence-corrected chi connectivity index (χ3v) is 4.43. The molecule has 1 aromatic rings. The van der Waals surface area contributed by atoms with Crippen LogP contribution < -0.4 is 10.2 Å². The van der Waals surface area contributed by atoms with Gasteiger partial charge in [-0.2, -0.15) is 0 Å². The van der Waals surface area contributed by atoms with Gasteiger partial charge in [-0.05, 0) is 32.3 Å². The minimum absolute atomic E-state index is 0.749. The Hall–Kier alpha value is -0.860. The molecule has 1 atom stereocenters. The summed E-state index contributed by atoms with van der Waals surface area (Å²) in [7, 11) is 0. The molecule has 1 fully saturated rings. The van der Waals surface area contributed by atoms with E-state index in [1.807, 2.05) is 4.90 Å². The summed E-state index contributed by atoms with van der Waals surface area (Å²) >= 11 is 0. The van der Waals surface area contributed by atoms with Crippen LogP contribution >= 0.6 is 0 Å². The van der Waals surface area contributed by atoms with Crippen molar-refractivity contribution < 1.29 is 10.2 Å². The molecule has 0 spiro atoms. The molecule has 3 rings (SSSR count). The van der Waals surface area contributed by atoms with Gasteiger partial charge in [-0.25, -0.2) is 0 Å². The van der Waals surface area contributed by atoms with Crippen molar-refractivity contribution >= 4 is 0 Å². The van der Waals surface area contributed by atoms with Crippen molar-refractivity contribution in [3.8, 4) is 0 Å². The van der Waals surface area contributed by atoms with Crippen LogP contribution in [0.2, 0.25) is 0 Å². The largest absolute Gasteiger partial charge is 0.337 e. The number of quaternary nitrogens is 2. The van der Waals surface area contributed by atoms with Crippen LogP contribution in [0.5, 0.6) is 0 Å². The SMILES string of the molecule is Cc1ccc2c(c1)[C@@H]([NH+]1CCCCC1)C[NH2+]C2. The van der Waals surface area contributed by atoms with Gasteiger partial charge in [-0.1, -0.05) is 17.7 Å². The molecule has 2 aliphatic rings. The molecular weight excluding hydrogens is 208 g/mol. The highest BCUT2D eigenvalue weighted by molar-refractivity contribution is 5.33. The fraction of sp³-hybridized carbons (Fsp3) is 0.600. The van der Waals surface area contributed by atoms with Crippen LogP contribution in [-0.4, -0.2) is 19.6 Å². The van der Waals surface area contributed by atoms with Crippen molar-refractivity contribution in [3.63, 3.8) is 0 Å². The number of benzene rings is 1. The molecule has 17 heavy (non-hydrogen) atoms. The first-order valence-electron chi connectivity index (χ1n) is 7.10. The fourth-order valence-electron chi connectivity index (χ4n) is 3.50. The Kier molecular flexibility index (Phi) is 3.17. The standard InChI is InChI=1S/C15H22N2/c1-12-5-6-13-10-16-11-15(14(13)9-12)17-7-3-2-4-8-17/h5-6,9,15-16H,2-4,7-8,10-11H2,1H3/p+2/t15-/m0/s1. The average Bonchev–Trinajstić information content (AvgIpc) is 2.39. The molecule has 2 nitrogen and oxygen atoms in total. The lowest BCUT2D eigenvalue weighted by atomic mass is 9.92. The number of hydrogen-bond donors (Lipinski definition) is 2. The topological polar surface area (TPSA) is 21.1 Å². The number of hydrogen-bond acceptors (Lipinski definition) is 0. The van der Waals surface area contributed by atoms with E-state index >= 15 is 0 Å². The molecule has 92 valence electrons. The summed E-state index contributed by atoms with van der Waals surface area (Å²) in [5.41, 5.74) is 4.64. The Morgan fingerprint density at radius 3 is 2.82 bits per heavy atom. The van der Waals surface area contributed by atoms with Gasteiger partial charge in [0.1, 0.15) is 13.1 Å². The third kappa shape index (κ3) is 2.24. The van der Waals surface area contributed by atoms with Crippen LogP contribution in [0.4, 0.5) is 0 Å². The first kappa shape index (κ1) is 11.2. The summed E-state index contributed by atoms with van der Waals surface area (Å²) < 4.78 is 0. The van der Waals surface area contributed by atoms with E-state index in [4.69, 9.17) is 0 Å². The zero-order valence-corrected chi connectivity index (χ0v) is 10.8. The molecule has 0 aliphatic carbocycles. The number of likely N-dealkylation sites (tertiary alicyclic amines) is 1. The van der Waals surface area contributed by atoms with Crippen molar-refractivity contribution in [2.45, 2.75) is 38.8 Å². The molecule has 0 unspecified atom stereocenters. The van der Waals surface area contributed by atoms with Gasteiger partial charge in [0.25, 0.3) is 0 Å². The van der Waals surface area contributed by atoms with Crippen molar-refractivity contribution in [2.24, 2.45) is 0 Å². The second kappa shape index (κ2) is 4.79. The van der Waals surface area contributed by atoms with Gasteiger partial charge >= 0.3 is 0 Å². The Bertz CT molecular complexity index is 394. The first-order chi connectivity index (χ1) is 8.34. The van der Waals surface area contributed by atoms with Crippen molar-refractivity contribution in [3.05, 3.63) is 34.9 Å². The maximum atomic E-state index is 2.49. The summed E-state index contributed by atoms with van der Waals surface area (Å²) in [6.07, 6.45) is 4.29. The van der Waals surface area contributed by atoms with E-state index in [1.165, 1.54) is 51.0 Å². The Balaban J connectivity index is 1.89. The zero-order valence-electron chi connectivity index (χ0n) is 10.8. The van der Waals surface area contributed by atoms with Crippen molar-refractivity contribution in [1.82, 2.24) is 0 Å². The van der Waals surface area contributed by atoms with Crippen LogP contribution in [0.15, 0.2) is 18.2 Å². The molecule has 2 heteroatoms. The highest BCUT2D eigenvalue weighted by Crippen LogP contribution is 2.19. The van der Waals surface area contributed by atoms with E-state index in [2.05, 4.69) is 30.4 Å². The predicted molar refractivity (Wildman–Crippen MR) is 69.0 cm³/mol. The third-order valence-electron chi connectivity index (χ3n) is 4.43. The lowest BCUT2D eigenvalue weighted by molar-refractivity contribution is -0.952. The van der Waals surface area contributed by atoms with E-state index in [9.17, 15) is 0 Å². The number of rotatable bonds is 1. The first-order valence-corrected chi connectivity index (χ1v) is 7.10. The fourth-order valence-corrected chi connectivity index (χ4v) is 3.50. The van der Waals surface area contributed by atoms with Gasteiger partial charge in [-0.3, -0.25) is 0 Å². The van der Waals surface area contributed by atoms with E-state index in [-0.39, 0.29) is 0 Å². The number of nitrogens with two attached hydrogens (primary N) is 1. The number of aryl methyl sites for hydroxylation is 1. The van der Waals surface area contributed by atoms with Gasteiger partial charge in [0.05, 0.1) is 13.1 Å². The molecule has 0 amide bonds. The zero-order chi connectivity index (χ0) is 11.7. The molecule has 0 saturated carbocycles. The lowest BCUT2D eigenvalue weighted by Crippen LogP contribution is -3.16. The molecule has 3 N–H and O–H groups in total. The average molecular weight is 232 g/mol. The normalized spacial score (nSPS) is 25.6. The van der Waals surface area contributed by atoms with Crippen LogP contribution in [-0.2, 0) is 6.54 Å². The highest BCUT2D eigenvalue weighted by Gasteiger charge is 2.32. The summed E-state index contributed by atoms with van der Waals surface area (Å²) in [5, 5.41) is 2.49. The quantitative estimate of drug-likeness (QED) is 0.689. The minimum atomic E-state index is 0.749. The second-order valence-corrected chi connectivity index (χ2v) is 5.70. The van der Waals surface area contributed by atoms with Crippen LogP contribution in [0.1, 0.15) is 42.0 Å². The molecular formula is C15H24N2+2. The lowest BCUT2D eigenvalue weighted by Gasteiger charge is -2.34. The predicted octanol–water partition coefficient (Wildman–Crippen LogP) is 0.182. The van der Waals surface area contributed by atoms with Gasteiger partial charge in [0, 0.05) is 11.1 Å². The maximum absolute atomic E-state index is 2.49. The van der Waals surface area contributed by atoms with E-state index in [1.54, 1.807) is 11.1 Å². The Morgan fingerprint density at radius 1 is 1.18 bits per heavy atom. The van der Waals surface area contributed by atoms with E-state index in [0.717, 1.165) is 6.04 Å².